The van der Waals surface area contributed by atoms with E-state index in [1.54, 1.807) is 17.8 Å². The molecule has 20 heavy (non-hydrogen) atoms. The van der Waals surface area contributed by atoms with Gasteiger partial charge in [-0.1, -0.05) is 11.3 Å². The van der Waals surface area contributed by atoms with Crippen LogP contribution in [0.25, 0.3) is 11.2 Å². The number of carbonyl (C=O) groups excluding carboxylic acids is 1. The van der Waals surface area contributed by atoms with Crippen molar-refractivity contribution in [2.24, 2.45) is 13.0 Å². The van der Waals surface area contributed by atoms with E-state index in [0.717, 1.165) is 5.82 Å². The minimum absolute atomic E-state index is 0.0170. The molecule has 0 atom stereocenters. The van der Waals surface area contributed by atoms with Gasteiger partial charge in [0.25, 0.3) is 0 Å². The lowest BCUT2D eigenvalue weighted by Gasteiger charge is -2.38. The highest BCUT2D eigenvalue weighted by molar-refractivity contribution is 5.86. The molecule has 1 aliphatic heterocycles. The maximum absolute atomic E-state index is 11.8. The Balaban J connectivity index is 1.72. The van der Waals surface area contributed by atoms with Gasteiger partial charge in [0, 0.05) is 26.7 Å². The van der Waals surface area contributed by atoms with Gasteiger partial charge in [-0.3, -0.25) is 4.79 Å². The largest absolute Gasteiger partial charge is 0.353 e. The Morgan fingerprint density at radius 2 is 2.35 bits per heavy atom. The van der Waals surface area contributed by atoms with Crippen molar-refractivity contribution >= 4 is 22.9 Å². The van der Waals surface area contributed by atoms with Crippen LogP contribution in [0, 0.1) is 5.92 Å². The second kappa shape index (κ2) is 4.87. The van der Waals surface area contributed by atoms with Crippen LogP contribution in [-0.4, -0.2) is 50.5 Å². The van der Waals surface area contributed by atoms with E-state index in [1.807, 2.05) is 4.90 Å². The molecule has 8 nitrogen and oxygen atoms in total. The lowest BCUT2D eigenvalue weighted by molar-refractivity contribution is -0.125. The zero-order chi connectivity index (χ0) is 14.1. The van der Waals surface area contributed by atoms with Gasteiger partial charge in [-0.25, -0.2) is 14.6 Å². The second-order valence-corrected chi connectivity index (χ2v) is 4.72. The highest BCUT2D eigenvalue weighted by Gasteiger charge is 2.34. The molecule has 1 amide bonds. The molecule has 3 heterocycles. The minimum atomic E-state index is -0.0170. The fourth-order valence-corrected chi connectivity index (χ4v) is 2.21. The third kappa shape index (κ3) is 1.98. The monoisotopic (exact) mass is 273 g/mol. The number of aryl methyl sites for hydroxylation is 1. The Labute approximate surface area is 115 Å². The average molecular weight is 273 g/mol. The molecule has 1 fully saturated rings. The van der Waals surface area contributed by atoms with Gasteiger partial charge in [0.2, 0.25) is 5.91 Å². The van der Waals surface area contributed by atoms with E-state index in [0.29, 0.717) is 30.8 Å². The summed E-state index contributed by atoms with van der Waals surface area (Å²) >= 11 is 0. The van der Waals surface area contributed by atoms with Crippen molar-refractivity contribution in [1.82, 2.24) is 30.3 Å². The number of carbonyl (C=O) groups is 1. The smallest absolute Gasteiger partial charge is 0.226 e. The molecule has 0 unspecified atom stereocenters. The number of rotatable bonds is 4. The van der Waals surface area contributed by atoms with Crippen molar-refractivity contribution < 1.29 is 4.79 Å². The summed E-state index contributed by atoms with van der Waals surface area (Å²) in [5, 5.41) is 10.8. The zero-order valence-corrected chi connectivity index (χ0v) is 11.2. The number of amides is 1. The number of aromatic nitrogens is 5. The van der Waals surface area contributed by atoms with Crippen LogP contribution in [0.3, 0.4) is 0 Å². The molecule has 1 aliphatic rings. The first kappa shape index (κ1) is 12.5. The van der Waals surface area contributed by atoms with E-state index in [4.69, 9.17) is 0 Å². The third-order valence-electron chi connectivity index (χ3n) is 3.34. The number of anilines is 1. The molecule has 104 valence electrons. The summed E-state index contributed by atoms with van der Waals surface area (Å²) in [6.07, 6.45) is 3.16. The summed E-state index contributed by atoms with van der Waals surface area (Å²) < 4.78 is 1.61. The maximum atomic E-state index is 11.8. The molecule has 2 aromatic heterocycles. The first-order valence-corrected chi connectivity index (χ1v) is 6.34. The average Bonchev–Trinajstić information content (AvgIpc) is 2.77. The summed E-state index contributed by atoms with van der Waals surface area (Å²) in [6.45, 7) is 5.33. The summed E-state index contributed by atoms with van der Waals surface area (Å²) in [6, 6.07) is 0. The van der Waals surface area contributed by atoms with Gasteiger partial charge in [0.05, 0.1) is 5.92 Å². The van der Waals surface area contributed by atoms with Crippen molar-refractivity contribution in [2.75, 3.05) is 24.5 Å². The molecule has 3 rings (SSSR count). The second-order valence-electron chi connectivity index (χ2n) is 4.72. The van der Waals surface area contributed by atoms with Crippen molar-refractivity contribution in [2.45, 2.75) is 0 Å². The quantitative estimate of drug-likeness (QED) is 0.755. The number of nitrogens with zero attached hydrogens (tertiary/aromatic N) is 6. The van der Waals surface area contributed by atoms with Crippen molar-refractivity contribution in [3.63, 3.8) is 0 Å². The van der Waals surface area contributed by atoms with Crippen molar-refractivity contribution in [1.29, 1.82) is 0 Å². The summed E-state index contributed by atoms with van der Waals surface area (Å²) in [7, 11) is 1.79. The lowest BCUT2D eigenvalue weighted by Crippen LogP contribution is -2.54. The maximum Gasteiger partial charge on any atom is 0.226 e. The summed E-state index contributed by atoms with van der Waals surface area (Å²) in [4.78, 5) is 22.2. The molecule has 0 aliphatic carbocycles. The number of hydrogen-bond donors (Lipinski definition) is 1. The molecule has 0 saturated carbocycles. The van der Waals surface area contributed by atoms with E-state index in [-0.39, 0.29) is 11.8 Å². The van der Waals surface area contributed by atoms with Gasteiger partial charge >= 0.3 is 0 Å². The van der Waals surface area contributed by atoms with Gasteiger partial charge in [0.1, 0.15) is 6.33 Å². The molecule has 1 saturated heterocycles. The van der Waals surface area contributed by atoms with Gasteiger partial charge < -0.3 is 10.2 Å². The highest BCUT2D eigenvalue weighted by atomic mass is 16.2. The molecule has 0 bridgehead atoms. The molecule has 0 spiro atoms. The highest BCUT2D eigenvalue weighted by Crippen LogP contribution is 2.27. The van der Waals surface area contributed by atoms with Gasteiger partial charge in [0.15, 0.2) is 17.0 Å². The van der Waals surface area contributed by atoms with E-state index in [2.05, 4.69) is 32.2 Å². The molecular weight excluding hydrogens is 258 g/mol. The van der Waals surface area contributed by atoms with Crippen LogP contribution in [0.5, 0.6) is 0 Å². The van der Waals surface area contributed by atoms with Crippen LogP contribution in [-0.2, 0) is 11.8 Å². The summed E-state index contributed by atoms with van der Waals surface area (Å²) in [5.41, 5.74) is 1.36. The van der Waals surface area contributed by atoms with Gasteiger partial charge in [-0.2, -0.15) is 0 Å². The lowest BCUT2D eigenvalue weighted by atomic mass is 9.99. The fraction of sp³-hybridized carbons (Fsp3) is 0.417. The van der Waals surface area contributed by atoms with E-state index >= 15 is 0 Å². The van der Waals surface area contributed by atoms with Crippen LogP contribution >= 0.6 is 0 Å². The number of nitrogens with one attached hydrogen (secondary N) is 1. The molecular formula is C12H15N7O. The van der Waals surface area contributed by atoms with Gasteiger partial charge in [-0.15, -0.1) is 11.7 Å². The first-order valence-electron chi connectivity index (χ1n) is 6.34. The first-order chi connectivity index (χ1) is 9.70. The Morgan fingerprint density at radius 1 is 1.55 bits per heavy atom. The number of hydrogen-bond acceptors (Lipinski definition) is 6. The molecule has 0 aromatic carbocycles. The number of fused-ring (bicyclic) bond motifs is 1. The molecule has 1 N–H and O–H groups in total. The topological polar surface area (TPSA) is 88.8 Å². The minimum Gasteiger partial charge on any atom is -0.353 e. The van der Waals surface area contributed by atoms with Crippen LogP contribution in [0.15, 0.2) is 19.0 Å². The Hall–Kier alpha value is -2.51. The van der Waals surface area contributed by atoms with Crippen molar-refractivity contribution in [3.05, 3.63) is 19.0 Å². The predicted molar refractivity (Wildman–Crippen MR) is 73.0 cm³/mol. The zero-order valence-electron chi connectivity index (χ0n) is 11.2. The van der Waals surface area contributed by atoms with E-state index < -0.39 is 0 Å². The Bertz CT molecular complexity index is 659. The van der Waals surface area contributed by atoms with E-state index in [9.17, 15) is 4.79 Å². The standard InChI is InChI=1S/C12H15N7O/c1-3-4-13-12(20)8-5-19(6-8)11-9-10(14-7-15-11)18(2)17-16-9/h3,7-8H,1,4-6H2,2H3,(H,13,20). The normalized spacial score (nSPS) is 15.2. The third-order valence-corrected chi connectivity index (χ3v) is 3.34. The van der Waals surface area contributed by atoms with Crippen LogP contribution in [0.1, 0.15) is 0 Å². The van der Waals surface area contributed by atoms with Crippen LogP contribution in [0.2, 0.25) is 0 Å². The van der Waals surface area contributed by atoms with E-state index in [1.165, 1.54) is 6.33 Å². The molecule has 8 heteroatoms. The summed E-state index contributed by atoms with van der Waals surface area (Å²) in [5.74, 6) is 0.762. The fourth-order valence-electron chi connectivity index (χ4n) is 2.21. The predicted octanol–water partition coefficient (Wildman–Crippen LogP) is -0.503. The molecule has 0 radical (unpaired) electrons. The van der Waals surface area contributed by atoms with Crippen LogP contribution < -0.4 is 10.2 Å². The Morgan fingerprint density at radius 3 is 3.10 bits per heavy atom. The SMILES string of the molecule is C=CCNC(=O)C1CN(c2ncnc3c2nnn3C)C1. The van der Waals surface area contributed by atoms with Gasteiger partial charge in [-0.05, 0) is 0 Å². The van der Waals surface area contributed by atoms with Crippen molar-refractivity contribution in [3.8, 4) is 0 Å². The van der Waals surface area contributed by atoms with Crippen LogP contribution in [0.4, 0.5) is 5.82 Å². The Kier molecular flexibility index (Phi) is 3.05. The molecule has 2 aromatic rings.